The molecule has 0 spiro atoms. The lowest BCUT2D eigenvalue weighted by Gasteiger charge is -2.02. The Labute approximate surface area is 94.2 Å². The average Bonchev–Trinajstić information content (AvgIpc) is 2.57. The maximum absolute atomic E-state index is 11.0. The summed E-state index contributed by atoms with van der Waals surface area (Å²) in [6.45, 7) is 1.93. The van der Waals surface area contributed by atoms with Gasteiger partial charge in [-0.05, 0) is 19.1 Å². The Morgan fingerprint density at radius 1 is 1.50 bits per heavy atom. The van der Waals surface area contributed by atoms with E-state index in [0.29, 0.717) is 10.3 Å². The Kier molecular flexibility index (Phi) is 2.91. The predicted octanol–water partition coefficient (Wildman–Crippen LogP) is 2.39. The normalized spacial score (nSPS) is 10.3. The molecule has 0 unspecified atom stereocenters. The predicted molar refractivity (Wildman–Crippen MR) is 58.0 cm³/mol. The second-order valence-electron chi connectivity index (χ2n) is 2.85. The Balaban J connectivity index is 2.25. The summed E-state index contributed by atoms with van der Waals surface area (Å²) >= 11 is 0.996. The molecule has 0 aliphatic carbocycles. The van der Waals surface area contributed by atoms with Crippen molar-refractivity contribution in [2.45, 2.75) is 6.92 Å². The van der Waals surface area contributed by atoms with E-state index in [-0.39, 0.29) is 17.3 Å². The highest BCUT2D eigenvalue weighted by molar-refractivity contribution is 7.16. The second-order valence-corrected chi connectivity index (χ2v) is 3.83. The molecule has 0 amide bonds. The highest BCUT2D eigenvalue weighted by Gasteiger charge is 2.08. The first-order valence-corrected chi connectivity index (χ1v) is 5.39. The molecule has 0 saturated carbocycles. The third kappa shape index (κ3) is 2.22. The number of carbonyl (C=O) groups excluding carboxylic acids is 1. The first-order chi connectivity index (χ1) is 7.69. The zero-order valence-corrected chi connectivity index (χ0v) is 9.21. The zero-order chi connectivity index (χ0) is 11.5. The summed E-state index contributed by atoms with van der Waals surface area (Å²) in [6, 6.07) is 4.70. The molecule has 0 bridgehead atoms. The minimum Gasteiger partial charge on any atom is -0.434 e. The molecule has 0 fully saturated rings. The smallest absolute Gasteiger partial charge is 0.434 e. The summed E-state index contributed by atoms with van der Waals surface area (Å²) in [5, 5.41) is 0. The summed E-state index contributed by atoms with van der Waals surface area (Å²) in [7, 11) is 0. The Bertz CT molecular complexity index is 568. The molecular weight excluding hydrogens is 232 g/mol. The maximum atomic E-state index is 11.0. The Morgan fingerprint density at radius 2 is 2.31 bits per heavy atom. The molecule has 2 aromatic rings. The van der Waals surface area contributed by atoms with Gasteiger partial charge in [-0.1, -0.05) is 11.3 Å². The van der Waals surface area contributed by atoms with Crippen LogP contribution in [0.4, 0.5) is 4.79 Å². The average molecular weight is 240 g/mol. The van der Waals surface area contributed by atoms with Crippen LogP contribution in [0.25, 0.3) is 10.3 Å². The number of carbonyl (C=O) groups is 1. The van der Waals surface area contributed by atoms with E-state index in [4.69, 9.17) is 9.15 Å². The Hall–Kier alpha value is -1.82. The standard InChI is InChI=1S/C10H8O5S/c1-2-13-9(11)14-6-3-4-8-7(5-6)15-10(12)16-8/h3-5H,2H2,1H3. The molecule has 5 nitrogen and oxygen atoms in total. The first-order valence-electron chi connectivity index (χ1n) is 4.57. The van der Waals surface area contributed by atoms with Gasteiger partial charge in [-0.25, -0.2) is 9.59 Å². The molecule has 1 heterocycles. The molecule has 16 heavy (non-hydrogen) atoms. The number of hydrogen-bond acceptors (Lipinski definition) is 6. The van der Waals surface area contributed by atoms with Gasteiger partial charge in [0.25, 0.3) is 0 Å². The first kappa shape index (κ1) is 10.7. The van der Waals surface area contributed by atoms with Gasteiger partial charge >= 0.3 is 11.1 Å². The largest absolute Gasteiger partial charge is 0.513 e. The van der Waals surface area contributed by atoms with Crippen LogP contribution < -0.4 is 9.68 Å². The van der Waals surface area contributed by atoms with Crippen molar-refractivity contribution in [1.82, 2.24) is 0 Å². The third-order valence-corrected chi connectivity index (χ3v) is 2.57. The number of hydrogen-bond donors (Lipinski definition) is 0. The molecule has 1 aromatic heterocycles. The summed E-state index contributed by atoms with van der Waals surface area (Å²) in [6.07, 6.45) is -0.778. The summed E-state index contributed by atoms with van der Waals surface area (Å²) in [5.41, 5.74) is 0.400. The molecular formula is C10H8O5S. The van der Waals surface area contributed by atoms with Crippen LogP contribution in [0.15, 0.2) is 27.4 Å². The molecule has 84 valence electrons. The van der Waals surface area contributed by atoms with Crippen LogP contribution in [0.5, 0.6) is 5.75 Å². The number of fused-ring (bicyclic) bond motifs is 1. The second kappa shape index (κ2) is 4.36. The van der Waals surface area contributed by atoms with Crippen LogP contribution in [0, 0.1) is 0 Å². The fourth-order valence-electron chi connectivity index (χ4n) is 1.16. The molecule has 0 radical (unpaired) electrons. The minimum atomic E-state index is -0.778. The van der Waals surface area contributed by atoms with Crippen LogP contribution >= 0.6 is 11.3 Å². The van der Waals surface area contributed by atoms with Gasteiger partial charge in [0.1, 0.15) is 5.75 Å². The lowest BCUT2D eigenvalue weighted by Crippen LogP contribution is -2.09. The van der Waals surface area contributed by atoms with Gasteiger partial charge in [0.2, 0.25) is 0 Å². The van der Waals surface area contributed by atoms with E-state index in [9.17, 15) is 9.59 Å². The van der Waals surface area contributed by atoms with E-state index < -0.39 is 6.16 Å². The van der Waals surface area contributed by atoms with E-state index in [1.165, 1.54) is 6.07 Å². The highest BCUT2D eigenvalue weighted by atomic mass is 32.1. The van der Waals surface area contributed by atoms with Crippen molar-refractivity contribution >= 4 is 27.8 Å². The molecule has 0 saturated heterocycles. The van der Waals surface area contributed by atoms with Gasteiger partial charge in [-0.15, -0.1) is 0 Å². The van der Waals surface area contributed by atoms with E-state index >= 15 is 0 Å². The molecule has 0 N–H and O–H groups in total. The van der Waals surface area contributed by atoms with Crippen molar-refractivity contribution in [3.63, 3.8) is 0 Å². The van der Waals surface area contributed by atoms with Crippen LogP contribution in [0.3, 0.4) is 0 Å². The highest BCUT2D eigenvalue weighted by Crippen LogP contribution is 2.22. The monoisotopic (exact) mass is 240 g/mol. The van der Waals surface area contributed by atoms with Crippen molar-refractivity contribution in [3.8, 4) is 5.75 Å². The Morgan fingerprint density at radius 3 is 3.06 bits per heavy atom. The van der Waals surface area contributed by atoms with E-state index in [1.54, 1.807) is 19.1 Å². The molecule has 6 heteroatoms. The minimum absolute atomic E-state index is 0.245. The van der Waals surface area contributed by atoms with Gasteiger partial charge in [0.15, 0.2) is 5.58 Å². The van der Waals surface area contributed by atoms with Gasteiger partial charge in [-0.3, -0.25) is 0 Å². The number of rotatable bonds is 2. The summed E-state index contributed by atoms with van der Waals surface area (Å²) in [5.74, 6) is 0.285. The van der Waals surface area contributed by atoms with Crippen LogP contribution in [-0.4, -0.2) is 12.8 Å². The van der Waals surface area contributed by atoms with Crippen LogP contribution in [-0.2, 0) is 4.74 Å². The fraction of sp³-hybridized carbons (Fsp3) is 0.200. The van der Waals surface area contributed by atoms with Crippen LogP contribution in [0.1, 0.15) is 6.92 Å². The van der Waals surface area contributed by atoms with Crippen molar-refractivity contribution < 1.29 is 18.7 Å². The molecule has 2 rings (SSSR count). The lowest BCUT2D eigenvalue weighted by atomic mass is 10.3. The third-order valence-electron chi connectivity index (χ3n) is 1.77. The van der Waals surface area contributed by atoms with Crippen LogP contribution in [0.2, 0.25) is 0 Å². The van der Waals surface area contributed by atoms with Crippen molar-refractivity contribution in [1.29, 1.82) is 0 Å². The summed E-state index contributed by atoms with van der Waals surface area (Å²) < 4.78 is 15.1. The summed E-state index contributed by atoms with van der Waals surface area (Å²) in [4.78, 5) is 21.6. The van der Waals surface area contributed by atoms with Gasteiger partial charge in [0, 0.05) is 6.07 Å². The topological polar surface area (TPSA) is 65.7 Å². The quantitative estimate of drug-likeness (QED) is 0.595. The lowest BCUT2D eigenvalue weighted by molar-refractivity contribution is 0.104. The van der Waals surface area contributed by atoms with E-state index in [1.807, 2.05) is 0 Å². The van der Waals surface area contributed by atoms with Crippen molar-refractivity contribution in [3.05, 3.63) is 27.9 Å². The van der Waals surface area contributed by atoms with E-state index in [0.717, 1.165) is 11.3 Å². The van der Waals surface area contributed by atoms with Crippen molar-refractivity contribution in [2.24, 2.45) is 0 Å². The fourth-order valence-corrected chi connectivity index (χ4v) is 1.81. The SMILES string of the molecule is CCOC(=O)Oc1ccc2sc(=O)oc2c1. The van der Waals surface area contributed by atoms with Gasteiger partial charge in [0.05, 0.1) is 11.3 Å². The molecule has 0 atom stereocenters. The molecule has 0 aliphatic heterocycles. The molecule has 1 aromatic carbocycles. The van der Waals surface area contributed by atoms with Gasteiger partial charge in [-0.2, -0.15) is 0 Å². The molecule has 0 aliphatic rings. The maximum Gasteiger partial charge on any atom is 0.513 e. The zero-order valence-electron chi connectivity index (χ0n) is 8.39. The van der Waals surface area contributed by atoms with Gasteiger partial charge < -0.3 is 13.9 Å². The number of ether oxygens (including phenoxy) is 2. The van der Waals surface area contributed by atoms with Crippen molar-refractivity contribution in [2.75, 3.05) is 6.61 Å². The number of benzene rings is 1. The van der Waals surface area contributed by atoms with E-state index in [2.05, 4.69) is 4.74 Å².